The predicted molar refractivity (Wildman–Crippen MR) is 79.4 cm³/mol. The van der Waals surface area contributed by atoms with Crippen molar-refractivity contribution < 1.29 is 9.53 Å². The minimum absolute atomic E-state index is 0.00786. The molecule has 0 aliphatic heterocycles. The maximum atomic E-state index is 12.1. The Balaban J connectivity index is 2.00. The monoisotopic (exact) mass is 337 g/mol. The third-order valence-electron chi connectivity index (χ3n) is 2.92. The minimum atomic E-state index is -0.00786. The van der Waals surface area contributed by atoms with Crippen molar-refractivity contribution in [1.29, 1.82) is 0 Å². The molecular formula is C14H16BrN3O2. The quantitative estimate of drug-likeness (QED) is 0.841. The summed E-state index contributed by atoms with van der Waals surface area (Å²) in [4.78, 5) is 13.8. The van der Waals surface area contributed by atoms with E-state index in [2.05, 4.69) is 21.0 Å². The number of amides is 1. The van der Waals surface area contributed by atoms with Crippen LogP contribution in [0.4, 0.5) is 0 Å². The average Bonchev–Trinajstić information content (AvgIpc) is 2.84. The van der Waals surface area contributed by atoms with Crippen LogP contribution in [0.25, 0.3) is 0 Å². The number of likely N-dealkylation sites (N-methyl/N-ethyl adjacent to an activating group) is 1. The molecule has 1 heterocycles. The topological polar surface area (TPSA) is 47.4 Å². The Morgan fingerprint density at radius 1 is 1.45 bits per heavy atom. The Morgan fingerprint density at radius 3 is 2.85 bits per heavy atom. The van der Waals surface area contributed by atoms with Crippen LogP contribution in [0.2, 0.25) is 0 Å². The molecular weight excluding hydrogens is 322 g/mol. The van der Waals surface area contributed by atoms with Gasteiger partial charge in [0.2, 0.25) is 5.91 Å². The summed E-state index contributed by atoms with van der Waals surface area (Å²) in [5.41, 5.74) is 0.979. The second-order valence-electron chi connectivity index (χ2n) is 4.42. The highest BCUT2D eigenvalue weighted by Crippen LogP contribution is 2.18. The van der Waals surface area contributed by atoms with Crippen molar-refractivity contribution in [2.75, 3.05) is 14.2 Å². The summed E-state index contributed by atoms with van der Waals surface area (Å²) in [6.45, 7) is 0.725. The second kappa shape index (κ2) is 6.56. The Bertz CT molecular complexity index is 598. The molecule has 0 unspecified atom stereocenters. The minimum Gasteiger partial charge on any atom is -0.496 e. The molecule has 0 fully saturated rings. The van der Waals surface area contributed by atoms with Gasteiger partial charge in [-0.25, -0.2) is 0 Å². The highest BCUT2D eigenvalue weighted by Gasteiger charge is 2.12. The maximum absolute atomic E-state index is 12.1. The van der Waals surface area contributed by atoms with Gasteiger partial charge in [0.1, 0.15) is 12.3 Å². The van der Waals surface area contributed by atoms with Gasteiger partial charge in [-0.15, -0.1) is 0 Å². The molecule has 0 aliphatic carbocycles. The number of nitrogens with zero attached hydrogens (tertiary/aromatic N) is 3. The highest BCUT2D eigenvalue weighted by molar-refractivity contribution is 9.10. The number of hydrogen-bond acceptors (Lipinski definition) is 3. The van der Waals surface area contributed by atoms with Crippen molar-refractivity contribution in [3.8, 4) is 5.75 Å². The molecule has 2 rings (SSSR count). The van der Waals surface area contributed by atoms with Crippen LogP contribution in [0, 0.1) is 0 Å². The summed E-state index contributed by atoms with van der Waals surface area (Å²) in [6, 6.07) is 7.68. The van der Waals surface area contributed by atoms with Gasteiger partial charge < -0.3 is 9.64 Å². The Hall–Kier alpha value is -1.82. The molecule has 0 atom stereocenters. The van der Waals surface area contributed by atoms with E-state index in [-0.39, 0.29) is 12.5 Å². The number of para-hydroxylation sites is 1. The number of ether oxygens (including phenoxy) is 1. The fourth-order valence-corrected chi connectivity index (χ4v) is 2.19. The predicted octanol–water partition coefficient (Wildman–Crippen LogP) is 2.31. The largest absolute Gasteiger partial charge is 0.496 e. The van der Waals surface area contributed by atoms with Crippen molar-refractivity contribution in [1.82, 2.24) is 14.7 Å². The number of benzene rings is 1. The molecule has 106 valence electrons. The summed E-state index contributed by atoms with van der Waals surface area (Å²) in [6.07, 6.45) is 3.43. The van der Waals surface area contributed by atoms with Crippen LogP contribution in [0.5, 0.6) is 5.75 Å². The van der Waals surface area contributed by atoms with E-state index in [9.17, 15) is 4.79 Å². The fourth-order valence-electron chi connectivity index (χ4n) is 1.86. The first kappa shape index (κ1) is 14.6. The summed E-state index contributed by atoms with van der Waals surface area (Å²) < 4.78 is 7.75. The molecule has 0 bridgehead atoms. The summed E-state index contributed by atoms with van der Waals surface area (Å²) in [5, 5.41) is 4.08. The molecule has 1 amide bonds. The summed E-state index contributed by atoms with van der Waals surface area (Å²) >= 11 is 3.31. The molecule has 0 spiro atoms. The van der Waals surface area contributed by atoms with Gasteiger partial charge in [-0.2, -0.15) is 5.10 Å². The number of rotatable bonds is 5. The van der Waals surface area contributed by atoms with E-state index in [4.69, 9.17) is 4.74 Å². The van der Waals surface area contributed by atoms with E-state index in [0.717, 1.165) is 15.8 Å². The van der Waals surface area contributed by atoms with E-state index in [0.29, 0.717) is 6.54 Å². The van der Waals surface area contributed by atoms with Crippen molar-refractivity contribution in [3.63, 3.8) is 0 Å². The fraction of sp³-hybridized carbons (Fsp3) is 0.286. The first-order valence-corrected chi connectivity index (χ1v) is 6.93. The number of carbonyl (C=O) groups excluding carboxylic acids is 1. The van der Waals surface area contributed by atoms with Gasteiger partial charge in [0.15, 0.2) is 0 Å². The third-order valence-corrected chi connectivity index (χ3v) is 3.33. The number of hydrogen-bond donors (Lipinski definition) is 0. The molecule has 0 saturated heterocycles. The van der Waals surface area contributed by atoms with Gasteiger partial charge in [-0.05, 0) is 22.0 Å². The van der Waals surface area contributed by atoms with Gasteiger partial charge in [0.05, 0.1) is 17.8 Å². The average molecular weight is 338 g/mol. The lowest BCUT2D eigenvalue weighted by Gasteiger charge is -2.18. The first-order chi connectivity index (χ1) is 9.60. The van der Waals surface area contributed by atoms with Gasteiger partial charge in [0, 0.05) is 25.4 Å². The SMILES string of the molecule is COc1ccccc1CN(C)C(=O)Cn1cc(Br)cn1. The van der Waals surface area contributed by atoms with Crippen LogP contribution < -0.4 is 4.74 Å². The van der Waals surface area contributed by atoms with E-state index in [1.165, 1.54) is 0 Å². The smallest absolute Gasteiger partial charge is 0.244 e. The van der Waals surface area contributed by atoms with Crippen molar-refractivity contribution in [2.24, 2.45) is 0 Å². The van der Waals surface area contributed by atoms with Crippen molar-refractivity contribution in [2.45, 2.75) is 13.1 Å². The van der Waals surface area contributed by atoms with E-state index < -0.39 is 0 Å². The zero-order valence-corrected chi connectivity index (χ0v) is 13.0. The van der Waals surface area contributed by atoms with Gasteiger partial charge >= 0.3 is 0 Å². The van der Waals surface area contributed by atoms with Gasteiger partial charge in [0.25, 0.3) is 0 Å². The van der Waals surface area contributed by atoms with E-state index >= 15 is 0 Å². The van der Waals surface area contributed by atoms with Crippen LogP contribution in [0.15, 0.2) is 41.1 Å². The zero-order valence-electron chi connectivity index (χ0n) is 11.4. The zero-order chi connectivity index (χ0) is 14.5. The number of carbonyl (C=O) groups is 1. The third kappa shape index (κ3) is 3.60. The van der Waals surface area contributed by atoms with Crippen LogP contribution in [-0.2, 0) is 17.9 Å². The lowest BCUT2D eigenvalue weighted by Crippen LogP contribution is -2.30. The lowest BCUT2D eigenvalue weighted by atomic mass is 10.2. The van der Waals surface area contributed by atoms with E-state index in [1.807, 2.05) is 24.3 Å². The molecule has 1 aromatic carbocycles. The summed E-state index contributed by atoms with van der Waals surface area (Å²) in [5.74, 6) is 0.778. The van der Waals surface area contributed by atoms with Gasteiger partial charge in [-0.1, -0.05) is 18.2 Å². The Morgan fingerprint density at radius 2 is 2.20 bits per heavy atom. The van der Waals surface area contributed by atoms with Crippen molar-refractivity contribution >= 4 is 21.8 Å². The molecule has 2 aromatic rings. The molecule has 0 saturated carbocycles. The first-order valence-electron chi connectivity index (χ1n) is 6.14. The highest BCUT2D eigenvalue weighted by atomic mass is 79.9. The molecule has 5 nitrogen and oxygen atoms in total. The molecule has 6 heteroatoms. The number of halogens is 1. The summed E-state index contributed by atoms with van der Waals surface area (Å²) in [7, 11) is 3.40. The number of aromatic nitrogens is 2. The molecule has 1 aromatic heterocycles. The molecule has 0 radical (unpaired) electrons. The van der Waals surface area contributed by atoms with Crippen LogP contribution in [0.3, 0.4) is 0 Å². The second-order valence-corrected chi connectivity index (χ2v) is 5.33. The number of methoxy groups -OCH3 is 1. The van der Waals surface area contributed by atoms with Gasteiger partial charge in [-0.3, -0.25) is 9.48 Å². The van der Waals surface area contributed by atoms with Crippen LogP contribution >= 0.6 is 15.9 Å². The molecule has 0 aliphatic rings. The maximum Gasteiger partial charge on any atom is 0.244 e. The van der Waals surface area contributed by atoms with E-state index in [1.54, 1.807) is 36.1 Å². The Labute approximate surface area is 126 Å². The Kier molecular flexibility index (Phi) is 4.79. The molecule has 20 heavy (non-hydrogen) atoms. The van der Waals surface area contributed by atoms with Crippen LogP contribution in [-0.4, -0.2) is 34.7 Å². The van der Waals surface area contributed by atoms with Crippen molar-refractivity contribution in [3.05, 3.63) is 46.7 Å². The lowest BCUT2D eigenvalue weighted by molar-refractivity contribution is -0.131. The molecule has 0 N–H and O–H groups in total. The standard InChI is InChI=1S/C14H16BrN3O2/c1-17(8-11-5-3-4-6-13(11)20-2)14(19)10-18-9-12(15)7-16-18/h3-7,9H,8,10H2,1-2H3. The normalized spacial score (nSPS) is 10.3. The van der Waals surface area contributed by atoms with Crippen LogP contribution in [0.1, 0.15) is 5.56 Å².